The van der Waals surface area contributed by atoms with Gasteiger partial charge in [-0.05, 0) is 11.0 Å². The monoisotopic (exact) mass is 255 g/mol. The summed E-state index contributed by atoms with van der Waals surface area (Å²) < 4.78 is 5.16. The normalized spacial score (nSPS) is 19.8. The van der Waals surface area contributed by atoms with Crippen LogP contribution >= 0.6 is 0 Å². The maximum absolute atomic E-state index is 12.1. The molecule has 8 nitrogen and oxygen atoms in total. The number of hydrogen-bond acceptors (Lipinski definition) is 5. The van der Waals surface area contributed by atoms with E-state index in [-0.39, 0.29) is 30.6 Å². The van der Waals surface area contributed by atoms with Gasteiger partial charge in [-0.1, -0.05) is 0 Å². The molecule has 1 amide bonds. The Kier molecular flexibility index (Phi) is 3.58. The molecule has 1 aromatic rings. The number of aromatic amines is 1. The zero-order valence-corrected chi connectivity index (χ0v) is 9.54. The first-order valence-electron chi connectivity index (χ1n) is 5.46. The van der Waals surface area contributed by atoms with E-state index in [1.807, 2.05) is 0 Å². The summed E-state index contributed by atoms with van der Waals surface area (Å²) in [6.45, 7) is 0.821. The predicted octanol–water partition coefficient (Wildman–Crippen LogP) is -0.244. The van der Waals surface area contributed by atoms with E-state index in [0.717, 1.165) is 0 Å². The molecule has 0 saturated carbocycles. The van der Waals surface area contributed by atoms with Gasteiger partial charge in [0.05, 0.1) is 25.9 Å². The number of amides is 1. The van der Waals surface area contributed by atoms with E-state index in [1.54, 1.807) is 0 Å². The third-order valence-corrected chi connectivity index (χ3v) is 2.80. The van der Waals surface area contributed by atoms with Crippen LogP contribution in [-0.2, 0) is 4.74 Å². The molecule has 0 spiro atoms. The highest BCUT2D eigenvalue weighted by molar-refractivity contribution is 5.93. The lowest BCUT2D eigenvalue weighted by Crippen LogP contribution is -2.50. The second kappa shape index (κ2) is 5.15. The predicted molar refractivity (Wildman–Crippen MR) is 60.2 cm³/mol. The number of nitrogens with zero attached hydrogens (tertiary/aromatic N) is 2. The van der Waals surface area contributed by atoms with Crippen LogP contribution < -0.4 is 0 Å². The molecule has 98 valence electrons. The molecule has 8 heteroatoms. The fourth-order valence-electron chi connectivity index (χ4n) is 1.84. The Morgan fingerprint density at radius 3 is 3.06 bits per heavy atom. The standard InChI is InChI=1S/C10H13N3O5/c14-5-7-6-18-4-3-12(7)10(15)8-1-2-9(11-8)13(16)17/h1-2,7,11,14H,3-6H2. The number of morpholine rings is 1. The highest BCUT2D eigenvalue weighted by Gasteiger charge is 2.30. The Morgan fingerprint density at radius 1 is 1.67 bits per heavy atom. The maximum Gasteiger partial charge on any atom is 0.321 e. The number of carbonyl (C=O) groups excluding carboxylic acids is 1. The molecule has 0 radical (unpaired) electrons. The summed E-state index contributed by atoms with van der Waals surface area (Å²) in [6.07, 6.45) is 0. The number of rotatable bonds is 3. The lowest BCUT2D eigenvalue weighted by atomic mass is 10.2. The molecular formula is C10H13N3O5. The van der Waals surface area contributed by atoms with Gasteiger partial charge in [-0.3, -0.25) is 4.79 Å². The molecular weight excluding hydrogens is 242 g/mol. The summed E-state index contributed by atoms with van der Waals surface area (Å²) in [6, 6.07) is 2.19. The van der Waals surface area contributed by atoms with Gasteiger partial charge in [-0.15, -0.1) is 0 Å². The van der Waals surface area contributed by atoms with Crippen LogP contribution in [0.1, 0.15) is 10.5 Å². The van der Waals surface area contributed by atoms with E-state index in [4.69, 9.17) is 9.84 Å². The van der Waals surface area contributed by atoms with Crippen LogP contribution in [0.5, 0.6) is 0 Å². The third kappa shape index (κ3) is 2.34. The smallest absolute Gasteiger partial charge is 0.321 e. The lowest BCUT2D eigenvalue weighted by molar-refractivity contribution is -0.389. The molecule has 1 aliphatic heterocycles. The summed E-state index contributed by atoms with van der Waals surface area (Å²) in [5, 5.41) is 19.7. The lowest BCUT2D eigenvalue weighted by Gasteiger charge is -2.33. The fourth-order valence-corrected chi connectivity index (χ4v) is 1.84. The average molecular weight is 255 g/mol. The number of aliphatic hydroxyl groups excluding tert-OH is 1. The first-order valence-corrected chi connectivity index (χ1v) is 5.46. The Labute approximate surface area is 102 Å². The minimum absolute atomic E-state index is 0.141. The van der Waals surface area contributed by atoms with Gasteiger partial charge in [0.2, 0.25) is 0 Å². The SMILES string of the molecule is O=C(c1ccc([N+](=O)[O-])[nH]1)N1CCOCC1CO. The van der Waals surface area contributed by atoms with Crippen LogP contribution in [0.15, 0.2) is 12.1 Å². The van der Waals surface area contributed by atoms with Gasteiger partial charge in [-0.25, -0.2) is 4.98 Å². The fraction of sp³-hybridized carbons (Fsp3) is 0.500. The van der Waals surface area contributed by atoms with Crippen molar-refractivity contribution < 1.29 is 19.6 Å². The number of nitro groups is 1. The zero-order valence-electron chi connectivity index (χ0n) is 9.54. The van der Waals surface area contributed by atoms with Gasteiger partial charge in [0.15, 0.2) is 5.69 Å². The topological polar surface area (TPSA) is 109 Å². The van der Waals surface area contributed by atoms with Crippen molar-refractivity contribution in [2.75, 3.05) is 26.4 Å². The van der Waals surface area contributed by atoms with E-state index >= 15 is 0 Å². The number of nitrogens with one attached hydrogen (secondary N) is 1. The minimum Gasteiger partial charge on any atom is -0.394 e. The molecule has 1 saturated heterocycles. The summed E-state index contributed by atoms with van der Waals surface area (Å²) in [5.41, 5.74) is 0.141. The van der Waals surface area contributed by atoms with Gasteiger partial charge >= 0.3 is 5.82 Å². The van der Waals surface area contributed by atoms with Crippen molar-refractivity contribution >= 4 is 11.7 Å². The first kappa shape index (κ1) is 12.5. The second-order valence-electron chi connectivity index (χ2n) is 3.92. The molecule has 0 aromatic carbocycles. The summed E-state index contributed by atoms with van der Waals surface area (Å²) >= 11 is 0. The van der Waals surface area contributed by atoms with E-state index in [0.29, 0.717) is 13.2 Å². The van der Waals surface area contributed by atoms with Crippen molar-refractivity contribution in [3.63, 3.8) is 0 Å². The molecule has 1 atom stereocenters. The van der Waals surface area contributed by atoms with Crippen molar-refractivity contribution in [1.29, 1.82) is 0 Å². The number of carbonyl (C=O) groups is 1. The largest absolute Gasteiger partial charge is 0.394 e. The van der Waals surface area contributed by atoms with Crippen LogP contribution in [0.4, 0.5) is 5.82 Å². The summed E-state index contributed by atoms with van der Waals surface area (Å²) in [4.78, 5) is 25.9. The number of hydrogen-bond donors (Lipinski definition) is 2. The van der Waals surface area contributed by atoms with Crippen molar-refractivity contribution in [3.05, 3.63) is 27.9 Å². The third-order valence-electron chi connectivity index (χ3n) is 2.80. The van der Waals surface area contributed by atoms with Gasteiger partial charge in [0, 0.05) is 12.6 Å². The summed E-state index contributed by atoms with van der Waals surface area (Å²) in [5.74, 6) is -0.599. The quantitative estimate of drug-likeness (QED) is 0.572. The van der Waals surface area contributed by atoms with Gasteiger partial charge in [-0.2, -0.15) is 0 Å². The van der Waals surface area contributed by atoms with Crippen molar-refractivity contribution in [2.24, 2.45) is 0 Å². The molecule has 1 fully saturated rings. The molecule has 2 rings (SSSR count). The maximum atomic E-state index is 12.1. The molecule has 18 heavy (non-hydrogen) atoms. The van der Waals surface area contributed by atoms with E-state index in [9.17, 15) is 14.9 Å². The van der Waals surface area contributed by atoms with Gasteiger partial charge in [0.25, 0.3) is 5.91 Å². The van der Waals surface area contributed by atoms with Crippen LogP contribution in [0.2, 0.25) is 0 Å². The molecule has 1 aliphatic rings. The van der Waals surface area contributed by atoms with Gasteiger partial charge in [0.1, 0.15) is 0 Å². The Morgan fingerprint density at radius 2 is 2.44 bits per heavy atom. The van der Waals surface area contributed by atoms with Crippen molar-refractivity contribution in [3.8, 4) is 0 Å². The minimum atomic E-state index is -0.598. The number of aromatic nitrogens is 1. The van der Waals surface area contributed by atoms with Crippen molar-refractivity contribution in [1.82, 2.24) is 9.88 Å². The molecule has 1 unspecified atom stereocenters. The van der Waals surface area contributed by atoms with Crippen LogP contribution in [-0.4, -0.2) is 58.2 Å². The number of aliphatic hydroxyl groups is 1. The molecule has 0 bridgehead atoms. The number of ether oxygens (including phenoxy) is 1. The molecule has 2 heterocycles. The first-order chi connectivity index (χ1) is 8.63. The highest BCUT2D eigenvalue weighted by Crippen LogP contribution is 2.15. The highest BCUT2D eigenvalue weighted by atomic mass is 16.6. The van der Waals surface area contributed by atoms with Gasteiger partial charge < -0.3 is 24.9 Å². The Balaban J connectivity index is 2.15. The van der Waals surface area contributed by atoms with Crippen LogP contribution in [0.25, 0.3) is 0 Å². The molecule has 2 N–H and O–H groups in total. The Bertz CT molecular complexity index is 458. The van der Waals surface area contributed by atoms with E-state index in [2.05, 4.69) is 4.98 Å². The van der Waals surface area contributed by atoms with Crippen LogP contribution in [0, 0.1) is 10.1 Å². The van der Waals surface area contributed by atoms with Crippen LogP contribution in [0.3, 0.4) is 0 Å². The molecule has 1 aromatic heterocycles. The average Bonchev–Trinajstić information content (AvgIpc) is 2.87. The van der Waals surface area contributed by atoms with E-state index in [1.165, 1.54) is 17.0 Å². The number of H-pyrrole nitrogens is 1. The van der Waals surface area contributed by atoms with Crippen molar-refractivity contribution in [2.45, 2.75) is 6.04 Å². The summed E-state index contributed by atoms with van der Waals surface area (Å²) in [7, 11) is 0. The zero-order chi connectivity index (χ0) is 13.1. The Hall–Kier alpha value is -1.93. The molecule has 0 aliphatic carbocycles. The van der Waals surface area contributed by atoms with E-state index < -0.39 is 11.0 Å². The second-order valence-corrected chi connectivity index (χ2v) is 3.92.